The number of carbonyl (C=O) groups is 1. The zero-order valence-electron chi connectivity index (χ0n) is 16.6. The summed E-state index contributed by atoms with van der Waals surface area (Å²) in [5.41, 5.74) is 4.56. The van der Waals surface area contributed by atoms with Crippen molar-refractivity contribution in [1.29, 1.82) is 0 Å². The highest BCUT2D eigenvalue weighted by molar-refractivity contribution is 6.05. The molecule has 0 unspecified atom stereocenters. The van der Waals surface area contributed by atoms with Gasteiger partial charge in [-0.2, -0.15) is 0 Å². The van der Waals surface area contributed by atoms with Crippen molar-refractivity contribution in [3.8, 4) is 0 Å². The third-order valence-electron chi connectivity index (χ3n) is 5.09. The molecule has 1 amide bonds. The lowest BCUT2D eigenvalue weighted by Crippen LogP contribution is -2.27. The molecule has 0 fully saturated rings. The van der Waals surface area contributed by atoms with Crippen LogP contribution in [-0.4, -0.2) is 10.5 Å². The lowest BCUT2D eigenvalue weighted by atomic mass is 10.1. The van der Waals surface area contributed by atoms with Crippen molar-refractivity contribution >= 4 is 11.6 Å². The Hall–Kier alpha value is -2.36. The zero-order chi connectivity index (χ0) is 19.3. The Morgan fingerprint density at radius 2 is 1.81 bits per heavy atom. The van der Waals surface area contributed by atoms with Crippen LogP contribution in [0.4, 0.5) is 5.69 Å². The molecule has 1 N–H and O–H groups in total. The van der Waals surface area contributed by atoms with Gasteiger partial charge in [-0.25, -0.2) is 0 Å². The molecule has 2 aromatic rings. The summed E-state index contributed by atoms with van der Waals surface area (Å²) in [7, 11) is 0. The van der Waals surface area contributed by atoms with Gasteiger partial charge >= 0.3 is 0 Å². The average molecular weight is 354 g/mol. The minimum atomic E-state index is -0.330. The number of anilines is 1. The lowest BCUT2D eigenvalue weighted by molar-refractivity contribution is 0.102. The van der Waals surface area contributed by atoms with Crippen molar-refractivity contribution in [3.05, 3.63) is 62.6 Å². The van der Waals surface area contributed by atoms with E-state index >= 15 is 0 Å². The minimum absolute atomic E-state index is 0.215. The maximum Gasteiger partial charge on any atom is 0.261 e. The van der Waals surface area contributed by atoms with E-state index in [0.29, 0.717) is 0 Å². The summed E-state index contributed by atoms with van der Waals surface area (Å²) in [5, 5.41) is 2.92. The van der Waals surface area contributed by atoms with Crippen molar-refractivity contribution in [2.24, 2.45) is 0 Å². The summed E-state index contributed by atoms with van der Waals surface area (Å²) in [6.45, 7) is 10.8. The molecule has 4 heteroatoms. The molecule has 0 atom stereocenters. The molecule has 140 valence electrons. The lowest BCUT2D eigenvalue weighted by Gasteiger charge is -2.18. The van der Waals surface area contributed by atoms with Crippen LogP contribution in [0.3, 0.4) is 0 Å². The molecule has 1 heterocycles. The van der Waals surface area contributed by atoms with Gasteiger partial charge in [0, 0.05) is 29.7 Å². The highest BCUT2D eigenvalue weighted by Crippen LogP contribution is 2.19. The molecule has 0 spiro atoms. The van der Waals surface area contributed by atoms with Crippen LogP contribution in [0.15, 0.2) is 29.1 Å². The predicted molar refractivity (Wildman–Crippen MR) is 108 cm³/mol. The van der Waals surface area contributed by atoms with Gasteiger partial charge in [0.05, 0.1) is 0 Å². The molecular weight excluding hydrogens is 324 g/mol. The topological polar surface area (TPSA) is 51.1 Å². The molecule has 1 aromatic heterocycles. The number of pyridine rings is 1. The summed E-state index contributed by atoms with van der Waals surface area (Å²) in [5.74, 6) is -0.330. The second kappa shape index (κ2) is 8.84. The number of aromatic nitrogens is 1. The average Bonchev–Trinajstić information content (AvgIpc) is 2.58. The molecule has 0 saturated heterocycles. The SMILES string of the molecule is CCCCCCn1c(C)cc(=O)c(C(=O)Nc2cccc(C)c2C)c1C. The molecule has 0 aliphatic carbocycles. The molecule has 2 rings (SSSR count). The fourth-order valence-electron chi connectivity index (χ4n) is 3.31. The first-order valence-corrected chi connectivity index (χ1v) is 9.45. The smallest absolute Gasteiger partial charge is 0.261 e. The molecular formula is C22H30N2O2. The number of rotatable bonds is 7. The van der Waals surface area contributed by atoms with Gasteiger partial charge in [0.2, 0.25) is 0 Å². The largest absolute Gasteiger partial charge is 0.348 e. The Balaban J connectivity index is 2.31. The van der Waals surface area contributed by atoms with Gasteiger partial charge in [0.1, 0.15) is 5.56 Å². The van der Waals surface area contributed by atoms with Crippen LogP contribution >= 0.6 is 0 Å². The van der Waals surface area contributed by atoms with Gasteiger partial charge < -0.3 is 9.88 Å². The number of hydrogen-bond donors (Lipinski definition) is 1. The van der Waals surface area contributed by atoms with Crippen molar-refractivity contribution < 1.29 is 4.79 Å². The fraction of sp³-hybridized carbons (Fsp3) is 0.455. The molecule has 4 nitrogen and oxygen atoms in total. The van der Waals surface area contributed by atoms with Crippen LogP contribution in [0.5, 0.6) is 0 Å². The predicted octanol–water partition coefficient (Wildman–Crippen LogP) is 4.91. The Morgan fingerprint density at radius 3 is 2.50 bits per heavy atom. The first-order chi connectivity index (χ1) is 12.4. The van der Waals surface area contributed by atoms with E-state index in [2.05, 4.69) is 16.8 Å². The van der Waals surface area contributed by atoms with Crippen molar-refractivity contribution in [2.45, 2.75) is 66.8 Å². The Morgan fingerprint density at radius 1 is 1.08 bits per heavy atom. The first-order valence-electron chi connectivity index (χ1n) is 9.45. The van der Waals surface area contributed by atoms with Crippen LogP contribution in [-0.2, 0) is 6.54 Å². The summed E-state index contributed by atoms with van der Waals surface area (Å²) in [6.07, 6.45) is 4.60. The van der Waals surface area contributed by atoms with E-state index in [1.165, 1.54) is 12.8 Å². The maximum atomic E-state index is 12.8. The summed E-state index contributed by atoms with van der Waals surface area (Å²) in [4.78, 5) is 25.3. The van der Waals surface area contributed by atoms with Gasteiger partial charge in [-0.15, -0.1) is 0 Å². The monoisotopic (exact) mass is 354 g/mol. The van der Waals surface area contributed by atoms with E-state index in [0.717, 1.165) is 47.6 Å². The van der Waals surface area contributed by atoms with Crippen LogP contribution in [0.1, 0.15) is 65.5 Å². The van der Waals surface area contributed by atoms with Gasteiger partial charge in [-0.3, -0.25) is 9.59 Å². The molecule has 0 radical (unpaired) electrons. The number of unbranched alkanes of at least 4 members (excludes halogenated alkanes) is 3. The Kier molecular flexibility index (Phi) is 6.78. The number of nitrogens with one attached hydrogen (secondary N) is 1. The van der Waals surface area contributed by atoms with E-state index in [4.69, 9.17) is 0 Å². The van der Waals surface area contributed by atoms with E-state index in [1.54, 1.807) is 6.07 Å². The van der Waals surface area contributed by atoms with Gasteiger partial charge in [0.25, 0.3) is 5.91 Å². The Bertz CT molecular complexity index is 850. The highest BCUT2D eigenvalue weighted by atomic mass is 16.2. The molecule has 0 aliphatic heterocycles. The molecule has 26 heavy (non-hydrogen) atoms. The third kappa shape index (κ3) is 4.43. The molecule has 0 aliphatic rings. The van der Waals surface area contributed by atoms with Gasteiger partial charge in [-0.05, 0) is 51.3 Å². The standard InChI is InChI=1S/C22H30N2O2/c1-6-7-8-9-13-24-16(3)14-20(25)21(18(24)5)22(26)23-19-12-10-11-15(2)17(19)4/h10-12,14H,6-9,13H2,1-5H3,(H,23,26). The van der Waals surface area contributed by atoms with Crippen molar-refractivity contribution in [1.82, 2.24) is 4.57 Å². The first kappa shape index (κ1) is 20.0. The van der Waals surface area contributed by atoms with Crippen LogP contribution < -0.4 is 10.7 Å². The normalized spacial score (nSPS) is 10.8. The number of aryl methyl sites for hydroxylation is 2. The van der Waals surface area contributed by atoms with Crippen LogP contribution in [0.25, 0.3) is 0 Å². The van der Waals surface area contributed by atoms with E-state index in [1.807, 2.05) is 45.9 Å². The van der Waals surface area contributed by atoms with Crippen LogP contribution in [0, 0.1) is 27.7 Å². The van der Waals surface area contributed by atoms with E-state index in [-0.39, 0.29) is 16.9 Å². The van der Waals surface area contributed by atoms with Gasteiger partial charge in [-0.1, -0.05) is 38.3 Å². The fourth-order valence-corrected chi connectivity index (χ4v) is 3.31. The second-order valence-corrected chi connectivity index (χ2v) is 7.02. The second-order valence-electron chi connectivity index (χ2n) is 7.02. The maximum absolute atomic E-state index is 12.8. The quantitative estimate of drug-likeness (QED) is 0.718. The summed E-state index contributed by atoms with van der Waals surface area (Å²) in [6, 6.07) is 7.36. The minimum Gasteiger partial charge on any atom is -0.348 e. The molecule has 0 bridgehead atoms. The number of amides is 1. The van der Waals surface area contributed by atoms with E-state index < -0.39 is 0 Å². The van der Waals surface area contributed by atoms with Gasteiger partial charge in [0.15, 0.2) is 5.43 Å². The number of nitrogens with zero attached hydrogens (tertiary/aromatic N) is 1. The number of hydrogen-bond acceptors (Lipinski definition) is 2. The molecule has 0 saturated carbocycles. The number of carbonyl (C=O) groups excluding carboxylic acids is 1. The zero-order valence-corrected chi connectivity index (χ0v) is 16.6. The number of benzene rings is 1. The highest BCUT2D eigenvalue weighted by Gasteiger charge is 2.18. The van der Waals surface area contributed by atoms with Crippen molar-refractivity contribution in [2.75, 3.05) is 5.32 Å². The summed E-state index contributed by atoms with van der Waals surface area (Å²) < 4.78 is 2.09. The van der Waals surface area contributed by atoms with Crippen LogP contribution in [0.2, 0.25) is 0 Å². The third-order valence-corrected chi connectivity index (χ3v) is 5.09. The summed E-state index contributed by atoms with van der Waals surface area (Å²) >= 11 is 0. The Labute approximate surface area is 156 Å². The van der Waals surface area contributed by atoms with Crippen molar-refractivity contribution in [3.63, 3.8) is 0 Å². The molecule has 1 aromatic carbocycles. The van der Waals surface area contributed by atoms with E-state index in [9.17, 15) is 9.59 Å².